The summed E-state index contributed by atoms with van der Waals surface area (Å²) >= 11 is 0. The Bertz CT molecular complexity index is 302. The van der Waals surface area contributed by atoms with Crippen molar-refractivity contribution < 1.29 is 4.74 Å². The third-order valence-corrected chi connectivity index (χ3v) is 2.77. The molecule has 1 N–H and O–H groups in total. The van der Waals surface area contributed by atoms with Gasteiger partial charge in [0.05, 0.1) is 13.3 Å². The van der Waals surface area contributed by atoms with Crippen LogP contribution in [0.4, 0.5) is 0 Å². The molecule has 0 fully saturated rings. The van der Waals surface area contributed by atoms with Crippen LogP contribution >= 0.6 is 0 Å². The van der Waals surface area contributed by atoms with Crippen molar-refractivity contribution in [3.63, 3.8) is 0 Å². The average molecular weight is 222 g/mol. The van der Waals surface area contributed by atoms with Crippen molar-refractivity contribution in [2.45, 2.75) is 39.2 Å². The van der Waals surface area contributed by atoms with E-state index < -0.39 is 0 Å². The number of pyridine rings is 1. The third kappa shape index (κ3) is 4.19. The van der Waals surface area contributed by atoms with Gasteiger partial charge in [-0.3, -0.25) is 4.98 Å². The zero-order valence-corrected chi connectivity index (χ0v) is 10.5. The topological polar surface area (TPSA) is 34.2 Å². The van der Waals surface area contributed by atoms with Crippen LogP contribution in [0.1, 0.15) is 32.3 Å². The van der Waals surface area contributed by atoms with Crippen molar-refractivity contribution in [2.75, 3.05) is 13.7 Å². The molecule has 0 bridgehead atoms. The summed E-state index contributed by atoms with van der Waals surface area (Å²) in [5.74, 6) is 0.842. The van der Waals surface area contributed by atoms with Crippen molar-refractivity contribution >= 4 is 0 Å². The molecule has 0 saturated heterocycles. The molecule has 0 amide bonds. The van der Waals surface area contributed by atoms with Crippen molar-refractivity contribution in [2.24, 2.45) is 0 Å². The Morgan fingerprint density at radius 1 is 1.38 bits per heavy atom. The highest BCUT2D eigenvalue weighted by Gasteiger charge is 2.05. The monoisotopic (exact) mass is 222 g/mol. The van der Waals surface area contributed by atoms with Gasteiger partial charge in [0.25, 0.3) is 0 Å². The van der Waals surface area contributed by atoms with Crippen LogP contribution < -0.4 is 10.1 Å². The second-order valence-electron chi connectivity index (χ2n) is 3.93. The van der Waals surface area contributed by atoms with Crippen LogP contribution in [0.25, 0.3) is 0 Å². The lowest BCUT2D eigenvalue weighted by Crippen LogP contribution is -2.28. The molecule has 1 rings (SSSR count). The summed E-state index contributed by atoms with van der Waals surface area (Å²) in [4.78, 5) is 4.16. The predicted octanol–water partition coefficient (Wildman–Crippen LogP) is 2.41. The molecule has 1 atom stereocenters. The van der Waals surface area contributed by atoms with Gasteiger partial charge in [-0.2, -0.15) is 0 Å². The van der Waals surface area contributed by atoms with E-state index in [-0.39, 0.29) is 0 Å². The number of methoxy groups -OCH3 is 1. The third-order valence-electron chi connectivity index (χ3n) is 2.77. The van der Waals surface area contributed by atoms with Gasteiger partial charge in [0.15, 0.2) is 0 Å². The molecule has 1 unspecified atom stereocenters. The van der Waals surface area contributed by atoms with Gasteiger partial charge in [-0.25, -0.2) is 0 Å². The van der Waals surface area contributed by atoms with Crippen LogP contribution in [-0.4, -0.2) is 24.7 Å². The van der Waals surface area contributed by atoms with E-state index in [9.17, 15) is 0 Å². The molecule has 90 valence electrons. The number of ether oxygens (including phenoxy) is 1. The van der Waals surface area contributed by atoms with Crippen LogP contribution in [-0.2, 0) is 6.42 Å². The maximum Gasteiger partial charge on any atom is 0.137 e. The molecule has 3 nitrogen and oxygen atoms in total. The van der Waals surface area contributed by atoms with E-state index in [0.29, 0.717) is 6.04 Å². The molecular formula is C13H22N2O. The zero-order valence-electron chi connectivity index (χ0n) is 10.5. The summed E-state index contributed by atoms with van der Waals surface area (Å²) < 4.78 is 5.16. The van der Waals surface area contributed by atoms with Gasteiger partial charge in [-0.1, -0.05) is 13.8 Å². The highest BCUT2D eigenvalue weighted by molar-refractivity contribution is 5.23. The standard InChI is InChI=1S/C13H22N2O/c1-4-12(15-5-2)7-6-11-8-13(16-3)10-14-9-11/h8-10,12,15H,4-7H2,1-3H3. The molecule has 1 heterocycles. The number of rotatable bonds is 7. The Kier molecular flexibility index (Phi) is 5.86. The van der Waals surface area contributed by atoms with Gasteiger partial charge in [0, 0.05) is 12.2 Å². The molecule has 3 heteroatoms. The molecule has 0 aromatic carbocycles. The molecule has 0 aliphatic heterocycles. The predicted molar refractivity (Wildman–Crippen MR) is 66.9 cm³/mol. The second kappa shape index (κ2) is 7.23. The minimum absolute atomic E-state index is 0.608. The molecule has 0 spiro atoms. The SMILES string of the molecule is CCNC(CC)CCc1cncc(OC)c1. The maximum absolute atomic E-state index is 5.16. The number of hydrogen-bond donors (Lipinski definition) is 1. The Hall–Kier alpha value is -1.09. The maximum atomic E-state index is 5.16. The quantitative estimate of drug-likeness (QED) is 0.769. The Morgan fingerprint density at radius 2 is 2.19 bits per heavy atom. The van der Waals surface area contributed by atoms with E-state index >= 15 is 0 Å². The van der Waals surface area contributed by atoms with Crippen LogP contribution in [0.2, 0.25) is 0 Å². The highest BCUT2D eigenvalue weighted by Crippen LogP contribution is 2.13. The van der Waals surface area contributed by atoms with E-state index in [1.807, 2.05) is 6.20 Å². The molecular weight excluding hydrogens is 200 g/mol. The minimum atomic E-state index is 0.608. The van der Waals surface area contributed by atoms with E-state index in [1.54, 1.807) is 13.3 Å². The smallest absolute Gasteiger partial charge is 0.137 e. The highest BCUT2D eigenvalue weighted by atomic mass is 16.5. The van der Waals surface area contributed by atoms with E-state index in [4.69, 9.17) is 4.74 Å². The fourth-order valence-corrected chi connectivity index (χ4v) is 1.79. The van der Waals surface area contributed by atoms with Crippen LogP contribution in [0, 0.1) is 0 Å². The summed E-state index contributed by atoms with van der Waals surface area (Å²) in [5.41, 5.74) is 1.25. The molecule has 0 radical (unpaired) electrons. The average Bonchev–Trinajstić information content (AvgIpc) is 2.34. The van der Waals surface area contributed by atoms with Crippen LogP contribution in [0.5, 0.6) is 5.75 Å². The fourth-order valence-electron chi connectivity index (χ4n) is 1.79. The fraction of sp³-hybridized carbons (Fsp3) is 0.615. The minimum Gasteiger partial charge on any atom is -0.495 e. The summed E-state index contributed by atoms with van der Waals surface area (Å²) in [6, 6.07) is 2.67. The van der Waals surface area contributed by atoms with Gasteiger partial charge >= 0.3 is 0 Å². The van der Waals surface area contributed by atoms with Gasteiger partial charge in [0.1, 0.15) is 5.75 Å². The van der Waals surface area contributed by atoms with Crippen molar-refractivity contribution in [1.29, 1.82) is 0 Å². The molecule has 0 aliphatic carbocycles. The van der Waals surface area contributed by atoms with Crippen LogP contribution in [0.15, 0.2) is 18.5 Å². The summed E-state index contributed by atoms with van der Waals surface area (Å²) in [6.07, 6.45) is 7.03. The second-order valence-corrected chi connectivity index (χ2v) is 3.93. The van der Waals surface area contributed by atoms with Gasteiger partial charge in [-0.05, 0) is 37.4 Å². The molecule has 0 saturated carbocycles. The normalized spacial score (nSPS) is 12.4. The zero-order chi connectivity index (χ0) is 11.8. The van der Waals surface area contributed by atoms with Crippen molar-refractivity contribution in [3.8, 4) is 5.75 Å². The van der Waals surface area contributed by atoms with Gasteiger partial charge < -0.3 is 10.1 Å². The molecule has 0 aliphatic rings. The lowest BCUT2D eigenvalue weighted by molar-refractivity contribution is 0.411. The molecule has 1 aromatic rings. The number of hydrogen-bond acceptors (Lipinski definition) is 3. The van der Waals surface area contributed by atoms with Crippen LogP contribution in [0.3, 0.4) is 0 Å². The van der Waals surface area contributed by atoms with Crippen molar-refractivity contribution in [1.82, 2.24) is 10.3 Å². The van der Waals surface area contributed by atoms with Gasteiger partial charge in [-0.15, -0.1) is 0 Å². The molecule has 1 aromatic heterocycles. The van der Waals surface area contributed by atoms with Gasteiger partial charge in [0.2, 0.25) is 0 Å². The Morgan fingerprint density at radius 3 is 2.81 bits per heavy atom. The Balaban J connectivity index is 2.46. The van der Waals surface area contributed by atoms with E-state index in [1.165, 1.54) is 12.0 Å². The summed E-state index contributed by atoms with van der Waals surface area (Å²) in [6.45, 7) is 5.40. The largest absolute Gasteiger partial charge is 0.495 e. The number of aryl methyl sites for hydroxylation is 1. The first kappa shape index (κ1) is 13.0. The molecule has 16 heavy (non-hydrogen) atoms. The first-order valence-electron chi connectivity index (χ1n) is 6.01. The number of aromatic nitrogens is 1. The Labute approximate surface area is 98.2 Å². The number of nitrogens with zero attached hydrogens (tertiary/aromatic N) is 1. The van der Waals surface area contributed by atoms with E-state index in [2.05, 4.69) is 30.2 Å². The van der Waals surface area contributed by atoms with E-state index in [0.717, 1.165) is 25.1 Å². The summed E-state index contributed by atoms with van der Waals surface area (Å²) in [7, 11) is 1.67. The first-order chi connectivity index (χ1) is 7.80. The number of nitrogens with one attached hydrogen (secondary N) is 1. The lowest BCUT2D eigenvalue weighted by Gasteiger charge is -2.15. The first-order valence-corrected chi connectivity index (χ1v) is 6.01. The van der Waals surface area contributed by atoms with Crippen molar-refractivity contribution in [3.05, 3.63) is 24.0 Å². The lowest BCUT2D eigenvalue weighted by atomic mass is 10.0. The summed E-state index contributed by atoms with van der Waals surface area (Å²) in [5, 5.41) is 3.48.